The summed E-state index contributed by atoms with van der Waals surface area (Å²) in [6, 6.07) is 0. The zero-order chi connectivity index (χ0) is 10.2. The quantitative estimate of drug-likeness (QED) is 0.714. The molecule has 1 heterocycles. The maximum absolute atomic E-state index is 12.0. The van der Waals surface area contributed by atoms with Gasteiger partial charge in [-0.05, 0) is 25.7 Å². The Hall–Kier alpha value is -0.540. The Labute approximate surface area is 88.9 Å². The van der Waals surface area contributed by atoms with Crippen molar-refractivity contribution in [3.8, 4) is 0 Å². The minimum Gasteiger partial charge on any atom is -0.336 e. The summed E-state index contributed by atoms with van der Waals surface area (Å²) in [6.45, 7) is 1.30. The van der Waals surface area contributed by atoms with E-state index < -0.39 is 5.54 Å². The molecule has 78 valence electrons. The SMILES string of the molecule is NC1(C(=O)N2CCC=C(Cl)C2)CCC1. The smallest absolute Gasteiger partial charge is 0.242 e. The van der Waals surface area contributed by atoms with E-state index in [1.807, 2.05) is 6.08 Å². The Morgan fingerprint density at radius 2 is 2.29 bits per heavy atom. The number of halogens is 1. The van der Waals surface area contributed by atoms with Crippen molar-refractivity contribution in [2.75, 3.05) is 13.1 Å². The monoisotopic (exact) mass is 214 g/mol. The van der Waals surface area contributed by atoms with E-state index >= 15 is 0 Å². The Morgan fingerprint density at radius 1 is 1.57 bits per heavy atom. The van der Waals surface area contributed by atoms with Crippen molar-refractivity contribution in [2.24, 2.45) is 5.73 Å². The first-order chi connectivity index (χ1) is 6.62. The van der Waals surface area contributed by atoms with Crippen LogP contribution in [0.1, 0.15) is 25.7 Å². The van der Waals surface area contributed by atoms with Crippen molar-refractivity contribution in [1.82, 2.24) is 4.90 Å². The number of hydrogen-bond acceptors (Lipinski definition) is 2. The first-order valence-electron chi connectivity index (χ1n) is 5.05. The van der Waals surface area contributed by atoms with Crippen LogP contribution >= 0.6 is 11.6 Å². The molecule has 0 aromatic heterocycles. The highest BCUT2D eigenvalue weighted by Crippen LogP contribution is 2.31. The van der Waals surface area contributed by atoms with E-state index in [4.69, 9.17) is 17.3 Å². The van der Waals surface area contributed by atoms with Gasteiger partial charge in [0.05, 0.1) is 12.1 Å². The van der Waals surface area contributed by atoms with Gasteiger partial charge in [-0.3, -0.25) is 4.79 Å². The molecule has 1 fully saturated rings. The summed E-state index contributed by atoms with van der Waals surface area (Å²) in [4.78, 5) is 13.7. The average Bonchev–Trinajstić information content (AvgIpc) is 2.13. The van der Waals surface area contributed by atoms with E-state index in [-0.39, 0.29) is 5.91 Å². The molecule has 2 aliphatic rings. The Kier molecular flexibility index (Phi) is 2.54. The summed E-state index contributed by atoms with van der Waals surface area (Å²) in [6.07, 6.45) is 5.53. The Balaban J connectivity index is 2.01. The molecule has 1 aliphatic carbocycles. The van der Waals surface area contributed by atoms with Crippen molar-refractivity contribution in [3.05, 3.63) is 11.1 Å². The van der Waals surface area contributed by atoms with Crippen LogP contribution < -0.4 is 5.73 Å². The second-order valence-electron chi connectivity index (χ2n) is 4.18. The van der Waals surface area contributed by atoms with Gasteiger partial charge in [-0.15, -0.1) is 0 Å². The van der Waals surface area contributed by atoms with Gasteiger partial charge in [0.15, 0.2) is 0 Å². The van der Waals surface area contributed by atoms with E-state index in [1.54, 1.807) is 4.90 Å². The molecule has 0 aromatic carbocycles. The van der Waals surface area contributed by atoms with Gasteiger partial charge < -0.3 is 10.6 Å². The first-order valence-corrected chi connectivity index (χ1v) is 5.42. The van der Waals surface area contributed by atoms with Crippen LogP contribution in [0.2, 0.25) is 0 Å². The number of carbonyl (C=O) groups excluding carboxylic acids is 1. The van der Waals surface area contributed by atoms with E-state index in [1.165, 1.54) is 0 Å². The maximum Gasteiger partial charge on any atom is 0.242 e. The largest absolute Gasteiger partial charge is 0.336 e. The molecule has 4 heteroatoms. The van der Waals surface area contributed by atoms with Gasteiger partial charge in [0.1, 0.15) is 0 Å². The van der Waals surface area contributed by atoms with Crippen molar-refractivity contribution in [2.45, 2.75) is 31.2 Å². The van der Waals surface area contributed by atoms with Gasteiger partial charge in [0.2, 0.25) is 5.91 Å². The molecular weight excluding hydrogens is 200 g/mol. The van der Waals surface area contributed by atoms with Gasteiger partial charge in [-0.25, -0.2) is 0 Å². The topological polar surface area (TPSA) is 46.3 Å². The molecule has 0 atom stereocenters. The second kappa shape index (κ2) is 3.55. The number of rotatable bonds is 1. The number of nitrogens with two attached hydrogens (primary N) is 1. The van der Waals surface area contributed by atoms with Crippen LogP contribution in [0.5, 0.6) is 0 Å². The van der Waals surface area contributed by atoms with Crippen LogP contribution in [0.15, 0.2) is 11.1 Å². The number of carbonyl (C=O) groups is 1. The minimum absolute atomic E-state index is 0.0787. The van der Waals surface area contributed by atoms with E-state index in [0.29, 0.717) is 6.54 Å². The summed E-state index contributed by atoms with van der Waals surface area (Å²) in [7, 11) is 0. The molecule has 2 N–H and O–H groups in total. The maximum atomic E-state index is 12.0. The highest BCUT2D eigenvalue weighted by atomic mass is 35.5. The predicted molar refractivity (Wildman–Crippen MR) is 55.9 cm³/mol. The molecular formula is C10H15ClN2O. The highest BCUT2D eigenvalue weighted by molar-refractivity contribution is 6.30. The number of amides is 1. The normalized spacial score (nSPS) is 25.3. The minimum atomic E-state index is -0.575. The van der Waals surface area contributed by atoms with Crippen LogP contribution in [0.4, 0.5) is 0 Å². The average molecular weight is 215 g/mol. The highest BCUT2D eigenvalue weighted by Gasteiger charge is 2.42. The fourth-order valence-electron chi connectivity index (χ4n) is 1.96. The van der Waals surface area contributed by atoms with Crippen LogP contribution in [-0.2, 0) is 4.79 Å². The first kappa shape index (κ1) is 9.99. The molecule has 14 heavy (non-hydrogen) atoms. The zero-order valence-electron chi connectivity index (χ0n) is 8.13. The third-order valence-electron chi connectivity index (χ3n) is 3.07. The van der Waals surface area contributed by atoms with E-state index in [2.05, 4.69) is 0 Å². The lowest BCUT2D eigenvalue weighted by Gasteiger charge is -2.41. The van der Waals surface area contributed by atoms with Crippen molar-refractivity contribution < 1.29 is 4.79 Å². The van der Waals surface area contributed by atoms with Gasteiger partial charge in [-0.1, -0.05) is 17.7 Å². The molecule has 0 spiro atoms. The molecule has 0 radical (unpaired) electrons. The third kappa shape index (κ3) is 1.66. The van der Waals surface area contributed by atoms with E-state index in [9.17, 15) is 4.79 Å². The molecule has 1 amide bonds. The molecule has 2 rings (SSSR count). The van der Waals surface area contributed by atoms with Crippen LogP contribution in [-0.4, -0.2) is 29.4 Å². The molecule has 0 aromatic rings. The van der Waals surface area contributed by atoms with Crippen LogP contribution in [0, 0.1) is 0 Å². The lowest BCUT2D eigenvalue weighted by molar-refractivity contribution is -0.139. The predicted octanol–water partition coefficient (Wildman–Crippen LogP) is 1.22. The zero-order valence-corrected chi connectivity index (χ0v) is 8.89. The Morgan fingerprint density at radius 3 is 2.79 bits per heavy atom. The van der Waals surface area contributed by atoms with Crippen molar-refractivity contribution >= 4 is 17.5 Å². The molecule has 0 unspecified atom stereocenters. The lowest BCUT2D eigenvalue weighted by atomic mass is 9.76. The Bertz CT molecular complexity index is 284. The molecule has 1 saturated carbocycles. The summed E-state index contributed by atoms with van der Waals surface area (Å²) in [5, 5.41) is 0.757. The van der Waals surface area contributed by atoms with Gasteiger partial charge in [0, 0.05) is 11.6 Å². The van der Waals surface area contributed by atoms with Crippen LogP contribution in [0.3, 0.4) is 0 Å². The van der Waals surface area contributed by atoms with Gasteiger partial charge in [0.25, 0.3) is 0 Å². The third-order valence-corrected chi connectivity index (χ3v) is 3.34. The summed E-state index contributed by atoms with van der Waals surface area (Å²) >= 11 is 5.89. The molecule has 3 nitrogen and oxygen atoms in total. The fourth-order valence-corrected chi connectivity index (χ4v) is 2.22. The molecule has 0 saturated heterocycles. The van der Waals surface area contributed by atoms with E-state index in [0.717, 1.165) is 37.3 Å². The number of hydrogen-bond donors (Lipinski definition) is 1. The fraction of sp³-hybridized carbons (Fsp3) is 0.700. The van der Waals surface area contributed by atoms with Gasteiger partial charge >= 0.3 is 0 Å². The standard InChI is InChI=1S/C10H15ClN2O/c11-8-3-1-6-13(7-8)9(14)10(12)4-2-5-10/h3H,1-2,4-7,12H2. The lowest BCUT2D eigenvalue weighted by Crippen LogP contribution is -2.60. The summed E-state index contributed by atoms with van der Waals surface area (Å²) in [5.74, 6) is 0.0787. The molecule has 1 aliphatic heterocycles. The van der Waals surface area contributed by atoms with Gasteiger partial charge in [-0.2, -0.15) is 0 Å². The summed E-state index contributed by atoms with van der Waals surface area (Å²) < 4.78 is 0. The van der Waals surface area contributed by atoms with Crippen molar-refractivity contribution in [1.29, 1.82) is 0 Å². The second-order valence-corrected chi connectivity index (χ2v) is 4.66. The van der Waals surface area contributed by atoms with Crippen LogP contribution in [0.25, 0.3) is 0 Å². The number of nitrogens with zero attached hydrogens (tertiary/aromatic N) is 1. The summed E-state index contributed by atoms with van der Waals surface area (Å²) in [5.41, 5.74) is 5.39. The molecule has 0 bridgehead atoms. The van der Waals surface area contributed by atoms with Crippen molar-refractivity contribution in [3.63, 3.8) is 0 Å².